The van der Waals surface area contributed by atoms with Gasteiger partial charge < -0.3 is 26.4 Å². The van der Waals surface area contributed by atoms with E-state index >= 15 is 0 Å². The minimum atomic E-state index is -0.478. The standard InChI is InChI=1S/C34H70N6O4/c1-4-6-7-8-9-10-11-12-13-14-15-16-17-18-19-22-25-35-32(42)31(30(3)5-2)39-40-34(44)37-27-24-21-20-23-26-36-33(43)38-28-29-41/h30-31,39,41H,4-29H2,1-3H3,(H,35,42)(H2,36,38,43)(H2,37,40,44)/t30-,31-/m0/s1. The highest BCUT2D eigenvalue weighted by atomic mass is 16.3. The average molecular weight is 627 g/mol. The molecule has 0 bridgehead atoms. The SMILES string of the molecule is CCCCCCCCCCCCCCCCCCNC(=O)[C@@H](NNC(=O)NCCCCCCNC(=O)NCCO)[C@@H](C)CC. The average Bonchev–Trinajstić information content (AvgIpc) is 3.02. The molecule has 0 aromatic heterocycles. The lowest BCUT2D eigenvalue weighted by molar-refractivity contribution is -0.124. The molecular weight excluding hydrogens is 556 g/mol. The van der Waals surface area contributed by atoms with Crippen molar-refractivity contribution < 1.29 is 19.5 Å². The molecule has 44 heavy (non-hydrogen) atoms. The third kappa shape index (κ3) is 27.5. The van der Waals surface area contributed by atoms with Gasteiger partial charge in [0.25, 0.3) is 0 Å². The molecule has 0 aliphatic rings. The van der Waals surface area contributed by atoms with Crippen molar-refractivity contribution in [2.24, 2.45) is 5.92 Å². The molecular formula is C34H70N6O4. The summed E-state index contributed by atoms with van der Waals surface area (Å²) in [5.74, 6) is 0.0136. The van der Waals surface area contributed by atoms with E-state index in [1.807, 2.05) is 13.8 Å². The van der Waals surface area contributed by atoms with Gasteiger partial charge in [0.05, 0.1) is 6.61 Å². The van der Waals surface area contributed by atoms with Crippen molar-refractivity contribution in [1.29, 1.82) is 0 Å². The van der Waals surface area contributed by atoms with E-state index in [0.29, 0.717) is 19.6 Å². The quantitative estimate of drug-likeness (QED) is 0.0350. The van der Waals surface area contributed by atoms with Crippen LogP contribution in [0.4, 0.5) is 9.59 Å². The minimum Gasteiger partial charge on any atom is -0.395 e. The van der Waals surface area contributed by atoms with E-state index in [9.17, 15) is 14.4 Å². The highest BCUT2D eigenvalue weighted by molar-refractivity contribution is 5.82. The number of carbonyl (C=O) groups is 3. The van der Waals surface area contributed by atoms with Gasteiger partial charge in [-0.15, -0.1) is 0 Å². The number of nitrogens with one attached hydrogen (secondary N) is 6. The molecule has 0 radical (unpaired) electrons. The highest BCUT2D eigenvalue weighted by Gasteiger charge is 2.24. The molecule has 10 nitrogen and oxygen atoms in total. The summed E-state index contributed by atoms with van der Waals surface area (Å²) in [5, 5.41) is 19.8. The van der Waals surface area contributed by atoms with Crippen LogP contribution in [0.25, 0.3) is 0 Å². The largest absolute Gasteiger partial charge is 0.395 e. The molecule has 0 saturated heterocycles. The predicted molar refractivity (Wildman–Crippen MR) is 182 cm³/mol. The van der Waals surface area contributed by atoms with E-state index in [-0.39, 0.29) is 37.0 Å². The van der Waals surface area contributed by atoms with E-state index in [1.54, 1.807) is 0 Å². The summed E-state index contributed by atoms with van der Waals surface area (Å²) < 4.78 is 0. The lowest BCUT2D eigenvalue weighted by Gasteiger charge is -2.24. The molecule has 0 aromatic carbocycles. The molecule has 0 aliphatic carbocycles. The number of aliphatic hydroxyl groups is 1. The first kappa shape index (κ1) is 41.9. The number of rotatable bonds is 31. The second-order valence-corrected chi connectivity index (χ2v) is 12.3. The molecule has 0 unspecified atom stereocenters. The maximum atomic E-state index is 12.8. The number of hydrazine groups is 1. The molecule has 0 aliphatic heterocycles. The molecule has 0 spiro atoms. The Bertz CT molecular complexity index is 682. The summed E-state index contributed by atoms with van der Waals surface area (Å²) >= 11 is 0. The van der Waals surface area contributed by atoms with E-state index in [1.165, 1.54) is 89.9 Å². The van der Waals surface area contributed by atoms with Crippen molar-refractivity contribution in [2.45, 2.75) is 162 Å². The molecule has 7 N–H and O–H groups in total. The van der Waals surface area contributed by atoms with Gasteiger partial charge in [0, 0.05) is 26.2 Å². The number of unbranched alkanes of at least 4 members (excludes halogenated alkanes) is 18. The van der Waals surface area contributed by atoms with E-state index in [2.05, 4.69) is 39.0 Å². The summed E-state index contributed by atoms with van der Waals surface area (Å²) in [5.41, 5.74) is 5.58. The molecule has 0 heterocycles. The van der Waals surface area contributed by atoms with E-state index in [0.717, 1.165) is 44.9 Å². The van der Waals surface area contributed by atoms with Crippen LogP contribution in [-0.2, 0) is 4.79 Å². The lowest BCUT2D eigenvalue weighted by Crippen LogP contribution is -2.56. The third-order valence-corrected chi connectivity index (χ3v) is 8.24. The van der Waals surface area contributed by atoms with Crippen LogP contribution in [0, 0.1) is 5.92 Å². The zero-order chi connectivity index (χ0) is 32.5. The first-order chi connectivity index (χ1) is 21.5. The Hall–Kier alpha value is -2.07. The summed E-state index contributed by atoms with van der Waals surface area (Å²) in [6, 6.07) is -1.09. The number of amides is 5. The van der Waals surface area contributed by atoms with Crippen LogP contribution >= 0.6 is 0 Å². The minimum absolute atomic E-state index is 0.0701. The van der Waals surface area contributed by atoms with Gasteiger partial charge in [0.15, 0.2) is 0 Å². The first-order valence-corrected chi connectivity index (χ1v) is 18.2. The summed E-state index contributed by atoms with van der Waals surface area (Å²) in [4.78, 5) is 36.4. The first-order valence-electron chi connectivity index (χ1n) is 18.2. The molecule has 10 heteroatoms. The smallest absolute Gasteiger partial charge is 0.329 e. The zero-order valence-corrected chi connectivity index (χ0v) is 28.7. The van der Waals surface area contributed by atoms with Crippen molar-refractivity contribution in [2.75, 3.05) is 32.8 Å². The second kappa shape index (κ2) is 32.3. The predicted octanol–water partition coefficient (Wildman–Crippen LogP) is 6.43. The number of carbonyl (C=O) groups excluding carboxylic acids is 3. The Kier molecular flexibility index (Phi) is 30.8. The number of aliphatic hydroxyl groups excluding tert-OH is 1. The second-order valence-electron chi connectivity index (χ2n) is 12.3. The van der Waals surface area contributed by atoms with Crippen LogP contribution in [0.2, 0.25) is 0 Å². The number of hydrogen-bond donors (Lipinski definition) is 7. The van der Waals surface area contributed by atoms with E-state index in [4.69, 9.17) is 5.11 Å². The van der Waals surface area contributed by atoms with Gasteiger partial charge in [0.1, 0.15) is 6.04 Å². The van der Waals surface area contributed by atoms with Crippen molar-refractivity contribution in [1.82, 2.24) is 32.1 Å². The molecule has 0 aromatic rings. The van der Waals surface area contributed by atoms with Crippen LogP contribution < -0.4 is 32.1 Å². The van der Waals surface area contributed by atoms with Crippen molar-refractivity contribution in [3.8, 4) is 0 Å². The molecule has 260 valence electrons. The van der Waals surface area contributed by atoms with Gasteiger partial charge in [-0.05, 0) is 25.2 Å². The van der Waals surface area contributed by atoms with Gasteiger partial charge in [-0.2, -0.15) is 0 Å². The Morgan fingerprint density at radius 3 is 1.34 bits per heavy atom. The Morgan fingerprint density at radius 1 is 0.523 bits per heavy atom. The van der Waals surface area contributed by atoms with Gasteiger partial charge in [0.2, 0.25) is 5.91 Å². The number of hydrogen-bond acceptors (Lipinski definition) is 5. The maximum Gasteiger partial charge on any atom is 0.329 e. The van der Waals surface area contributed by atoms with Crippen LogP contribution in [0.3, 0.4) is 0 Å². The fraction of sp³-hybridized carbons (Fsp3) is 0.912. The monoisotopic (exact) mass is 627 g/mol. The Morgan fingerprint density at radius 2 is 0.909 bits per heavy atom. The zero-order valence-electron chi connectivity index (χ0n) is 28.7. The summed E-state index contributed by atoms with van der Waals surface area (Å²) in [7, 11) is 0. The van der Waals surface area contributed by atoms with Gasteiger partial charge in [-0.1, -0.05) is 136 Å². The lowest BCUT2D eigenvalue weighted by atomic mass is 9.99. The van der Waals surface area contributed by atoms with Gasteiger partial charge in [-0.3, -0.25) is 10.2 Å². The molecule has 0 fully saturated rings. The van der Waals surface area contributed by atoms with Crippen LogP contribution in [-0.4, -0.2) is 61.9 Å². The van der Waals surface area contributed by atoms with Crippen molar-refractivity contribution in [3.05, 3.63) is 0 Å². The normalized spacial score (nSPS) is 12.4. The maximum absolute atomic E-state index is 12.8. The molecule has 2 atom stereocenters. The van der Waals surface area contributed by atoms with Gasteiger partial charge in [-0.25, -0.2) is 15.0 Å². The van der Waals surface area contributed by atoms with Crippen LogP contribution in [0.15, 0.2) is 0 Å². The van der Waals surface area contributed by atoms with Gasteiger partial charge >= 0.3 is 12.1 Å². The third-order valence-electron chi connectivity index (χ3n) is 8.24. The molecule has 0 rings (SSSR count). The Labute approximate surface area is 269 Å². The summed E-state index contributed by atoms with van der Waals surface area (Å²) in [6.07, 6.45) is 25.6. The van der Waals surface area contributed by atoms with Crippen LogP contribution in [0.1, 0.15) is 156 Å². The summed E-state index contributed by atoms with van der Waals surface area (Å²) in [6.45, 7) is 8.28. The Balaban J connectivity index is 3.78. The molecule has 0 saturated carbocycles. The van der Waals surface area contributed by atoms with Crippen LogP contribution in [0.5, 0.6) is 0 Å². The topological polar surface area (TPSA) is 144 Å². The fourth-order valence-electron chi connectivity index (χ4n) is 5.12. The molecule has 5 amide bonds. The fourth-order valence-corrected chi connectivity index (χ4v) is 5.12. The van der Waals surface area contributed by atoms with E-state index < -0.39 is 6.04 Å². The highest BCUT2D eigenvalue weighted by Crippen LogP contribution is 2.14. The number of urea groups is 2. The van der Waals surface area contributed by atoms with Crippen molar-refractivity contribution >= 4 is 18.0 Å². The van der Waals surface area contributed by atoms with Crippen molar-refractivity contribution in [3.63, 3.8) is 0 Å².